The van der Waals surface area contributed by atoms with Gasteiger partial charge in [0.05, 0.1) is 0 Å². The lowest BCUT2D eigenvalue weighted by Crippen LogP contribution is -1.66. The molecule has 0 saturated carbocycles. The van der Waals surface area contributed by atoms with Gasteiger partial charge in [0.25, 0.3) is 0 Å². The SMILES string of the molecule is CC(C)=C=Cc1ccccc1. The average Bonchev–Trinajstić information content (AvgIpc) is 2.03. The number of hydrogen-bond acceptors (Lipinski definition) is 0. The summed E-state index contributed by atoms with van der Waals surface area (Å²) in [5, 5.41) is 0. The van der Waals surface area contributed by atoms with E-state index >= 15 is 0 Å². The van der Waals surface area contributed by atoms with Crippen LogP contribution in [0.1, 0.15) is 19.4 Å². The Bertz CT molecular complexity index is 270. The fraction of sp³-hybridized carbons (Fsp3) is 0.182. The Morgan fingerprint density at radius 1 is 1.18 bits per heavy atom. The second-order valence-electron chi connectivity index (χ2n) is 2.70. The van der Waals surface area contributed by atoms with Crippen LogP contribution in [0.15, 0.2) is 41.6 Å². The Morgan fingerprint density at radius 2 is 1.82 bits per heavy atom. The van der Waals surface area contributed by atoms with Crippen LogP contribution in [0.25, 0.3) is 6.08 Å². The molecule has 0 bridgehead atoms. The van der Waals surface area contributed by atoms with Gasteiger partial charge in [0.15, 0.2) is 0 Å². The molecule has 0 heteroatoms. The van der Waals surface area contributed by atoms with E-state index in [2.05, 4.69) is 17.9 Å². The quantitative estimate of drug-likeness (QED) is 0.531. The second-order valence-corrected chi connectivity index (χ2v) is 2.70. The molecular weight excluding hydrogens is 132 g/mol. The highest BCUT2D eigenvalue weighted by Gasteiger charge is 1.79. The van der Waals surface area contributed by atoms with Gasteiger partial charge in [-0.1, -0.05) is 30.3 Å². The Hall–Kier alpha value is -1.26. The lowest BCUT2D eigenvalue weighted by molar-refractivity contribution is 1.41. The molecule has 0 spiro atoms. The number of allylic oxidation sites excluding steroid dienone is 1. The molecule has 56 valence electrons. The van der Waals surface area contributed by atoms with Crippen molar-refractivity contribution in [3.05, 3.63) is 47.2 Å². The smallest absolute Gasteiger partial charge is 0.0128 e. The van der Waals surface area contributed by atoms with E-state index in [1.54, 1.807) is 0 Å². The maximum absolute atomic E-state index is 3.15. The summed E-state index contributed by atoms with van der Waals surface area (Å²) in [5.74, 6) is 0. The topological polar surface area (TPSA) is 0 Å². The van der Waals surface area contributed by atoms with Gasteiger partial charge in [-0.3, -0.25) is 0 Å². The third kappa shape index (κ3) is 2.88. The molecule has 0 radical (unpaired) electrons. The number of hydrogen-bond donors (Lipinski definition) is 0. The minimum Gasteiger partial charge on any atom is -0.122 e. The molecule has 1 aromatic carbocycles. The van der Waals surface area contributed by atoms with Crippen LogP contribution in [0.4, 0.5) is 0 Å². The normalized spacial score (nSPS) is 8.55. The zero-order valence-corrected chi connectivity index (χ0v) is 6.96. The van der Waals surface area contributed by atoms with Crippen LogP contribution in [0, 0.1) is 0 Å². The summed E-state index contributed by atoms with van der Waals surface area (Å²) in [6.45, 7) is 4.08. The van der Waals surface area contributed by atoms with E-state index in [1.165, 1.54) is 11.1 Å². The molecule has 0 aliphatic carbocycles. The van der Waals surface area contributed by atoms with E-state index in [9.17, 15) is 0 Å². The molecule has 0 unspecified atom stereocenters. The van der Waals surface area contributed by atoms with Crippen molar-refractivity contribution in [2.24, 2.45) is 0 Å². The first-order valence-corrected chi connectivity index (χ1v) is 3.74. The van der Waals surface area contributed by atoms with Crippen molar-refractivity contribution in [3.8, 4) is 0 Å². The van der Waals surface area contributed by atoms with E-state index in [4.69, 9.17) is 0 Å². The van der Waals surface area contributed by atoms with Crippen LogP contribution in [0.5, 0.6) is 0 Å². The van der Waals surface area contributed by atoms with Crippen LogP contribution < -0.4 is 0 Å². The largest absolute Gasteiger partial charge is 0.122 e. The molecule has 0 saturated heterocycles. The molecule has 0 atom stereocenters. The monoisotopic (exact) mass is 144 g/mol. The molecule has 11 heavy (non-hydrogen) atoms. The van der Waals surface area contributed by atoms with Gasteiger partial charge in [-0.25, -0.2) is 0 Å². The summed E-state index contributed by atoms with van der Waals surface area (Å²) in [6.07, 6.45) is 2.00. The molecule has 0 heterocycles. The molecule has 0 amide bonds. The van der Waals surface area contributed by atoms with Gasteiger partial charge < -0.3 is 0 Å². The maximum Gasteiger partial charge on any atom is -0.0128 e. The van der Waals surface area contributed by atoms with Gasteiger partial charge >= 0.3 is 0 Å². The predicted molar refractivity (Wildman–Crippen MR) is 49.3 cm³/mol. The second kappa shape index (κ2) is 3.80. The highest BCUT2D eigenvalue weighted by molar-refractivity contribution is 5.48. The standard InChI is InChI=1S/C11H12/c1-10(2)8-9-11-6-4-3-5-7-11/h3-7,9H,1-2H3. The van der Waals surface area contributed by atoms with Gasteiger partial charge in [-0.15, -0.1) is 5.73 Å². The zero-order valence-electron chi connectivity index (χ0n) is 6.96. The van der Waals surface area contributed by atoms with Crippen LogP contribution in [-0.2, 0) is 0 Å². The Balaban J connectivity index is 2.89. The van der Waals surface area contributed by atoms with Crippen molar-refractivity contribution < 1.29 is 0 Å². The molecule has 1 rings (SSSR count). The number of rotatable bonds is 1. The van der Waals surface area contributed by atoms with Crippen molar-refractivity contribution in [2.75, 3.05) is 0 Å². The van der Waals surface area contributed by atoms with Gasteiger partial charge in [0.2, 0.25) is 0 Å². The van der Waals surface area contributed by atoms with Crippen LogP contribution in [0.2, 0.25) is 0 Å². The van der Waals surface area contributed by atoms with E-state index in [1.807, 2.05) is 38.1 Å². The minimum atomic E-state index is 1.20. The van der Waals surface area contributed by atoms with Crippen molar-refractivity contribution >= 4 is 6.08 Å². The average molecular weight is 144 g/mol. The third-order valence-corrected chi connectivity index (χ3v) is 1.33. The first kappa shape index (κ1) is 7.84. The minimum absolute atomic E-state index is 1.20. The summed E-state index contributed by atoms with van der Waals surface area (Å²) in [5.41, 5.74) is 5.56. The lowest BCUT2D eigenvalue weighted by Gasteiger charge is -1.86. The summed E-state index contributed by atoms with van der Waals surface area (Å²) in [6, 6.07) is 10.2. The molecule has 0 aliphatic heterocycles. The van der Waals surface area contributed by atoms with Crippen molar-refractivity contribution in [2.45, 2.75) is 13.8 Å². The van der Waals surface area contributed by atoms with E-state index in [0.29, 0.717) is 0 Å². The van der Waals surface area contributed by atoms with Gasteiger partial charge in [0, 0.05) is 0 Å². The van der Waals surface area contributed by atoms with Crippen LogP contribution in [0.3, 0.4) is 0 Å². The van der Waals surface area contributed by atoms with E-state index in [0.717, 1.165) is 0 Å². The van der Waals surface area contributed by atoms with Crippen molar-refractivity contribution in [3.63, 3.8) is 0 Å². The lowest BCUT2D eigenvalue weighted by atomic mass is 10.2. The molecule has 0 aromatic heterocycles. The summed E-state index contributed by atoms with van der Waals surface area (Å²) >= 11 is 0. The van der Waals surface area contributed by atoms with Gasteiger partial charge in [-0.05, 0) is 31.1 Å². The van der Waals surface area contributed by atoms with Crippen molar-refractivity contribution in [1.29, 1.82) is 0 Å². The number of benzene rings is 1. The molecule has 1 aromatic rings. The van der Waals surface area contributed by atoms with E-state index < -0.39 is 0 Å². The fourth-order valence-corrected chi connectivity index (χ4v) is 0.777. The summed E-state index contributed by atoms with van der Waals surface area (Å²) in [7, 11) is 0. The Labute approximate surface area is 67.9 Å². The summed E-state index contributed by atoms with van der Waals surface area (Å²) in [4.78, 5) is 0. The highest BCUT2D eigenvalue weighted by atomic mass is 13.8. The van der Waals surface area contributed by atoms with Gasteiger partial charge in [-0.2, -0.15) is 0 Å². The van der Waals surface area contributed by atoms with Crippen molar-refractivity contribution in [1.82, 2.24) is 0 Å². The Kier molecular flexibility index (Phi) is 2.71. The zero-order chi connectivity index (χ0) is 8.10. The third-order valence-electron chi connectivity index (χ3n) is 1.33. The van der Waals surface area contributed by atoms with Crippen LogP contribution >= 0.6 is 0 Å². The summed E-state index contributed by atoms with van der Waals surface area (Å²) < 4.78 is 0. The van der Waals surface area contributed by atoms with Gasteiger partial charge in [0.1, 0.15) is 0 Å². The fourth-order valence-electron chi connectivity index (χ4n) is 0.777. The molecule has 0 aliphatic rings. The highest BCUT2D eigenvalue weighted by Crippen LogP contribution is 2.00. The molecule has 0 N–H and O–H groups in total. The van der Waals surface area contributed by atoms with Crippen LogP contribution in [-0.4, -0.2) is 0 Å². The molecule has 0 nitrogen and oxygen atoms in total. The predicted octanol–water partition coefficient (Wildman–Crippen LogP) is 3.26. The maximum atomic E-state index is 3.15. The first-order valence-electron chi connectivity index (χ1n) is 3.74. The Morgan fingerprint density at radius 3 is 2.36 bits per heavy atom. The molecule has 0 fully saturated rings. The molecular formula is C11H12. The van der Waals surface area contributed by atoms with E-state index in [-0.39, 0.29) is 0 Å². The first-order chi connectivity index (χ1) is 5.29.